The molecule has 2 aliphatic heterocycles. The molecule has 0 atom stereocenters. The minimum atomic E-state index is 0.325. The van der Waals surface area contributed by atoms with Crippen molar-refractivity contribution in [1.29, 1.82) is 0 Å². The summed E-state index contributed by atoms with van der Waals surface area (Å²) in [5.41, 5.74) is 11.5. The third-order valence-electron chi connectivity index (χ3n) is 7.03. The Kier molecular flexibility index (Phi) is 6.88. The fourth-order valence-electron chi connectivity index (χ4n) is 4.86. The number of benzene rings is 1. The molecule has 0 radical (unpaired) electrons. The van der Waals surface area contributed by atoms with E-state index in [2.05, 4.69) is 52.3 Å². The van der Waals surface area contributed by atoms with E-state index in [9.17, 15) is 0 Å². The third-order valence-corrected chi connectivity index (χ3v) is 7.03. The molecular formula is C26H35N7O2. The van der Waals surface area contributed by atoms with Crippen LogP contribution in [-0.4, -0.2) is 79.4 Å². The molecule has 5 rings (SSSR count). The predicted octanol–water partition coefficient (Wildman–Crippen LogP) is 3.19. The van der Waals surface area contributed by atoms with Crippen LogP contribution in [0.15, 0.2) is 24.4 Å². The van der Waals surface area contributed by atoms with Gasteiger partial charge in [0.05, 0.1) is 18.5 Å². The molecule has 0 aliphatic carbocycles. The van der Waals surface area contributed by atoms with E-state index in [-0.39, 0.29) is 0 Å². The maximum atomic E-state index is 6.26. The molecule has 9 heteroatoms. The van der Waals surface area contributed by atoms with Crippen LogP contribution in [0.5, 0.6) is 5.75 Å². The van der Waals surface area contributed by atoms with Gasteiger partial charge >= 0.3 is 0 Å². The van der Waals surface area contributed by atoms with Gasteiger partial charge in [0.25, 0.3) is 0 Å². The van der Waals surface area contributed by atoms with Gasteiger partial charge in [0.15, 0.2) is 5.82 Å². The Morgan fingerprint density at radius 2 is 1.89 bits per heavy atom. The Bertz CT molecular complexity index is 1190. The van der Waals surface area contributed by atoms with Crippen LogP contribution < -0.4 is 20.7 Å². The molecule has 2 fully saturated rings. The van der Waals surface area contributed by atoms with Crippen LogP contribution in [0.2, 0.25) is 0 Å². The minimum Gasteiger partial charge on any atom is -0.495 e. The summed E-state index contributed by atoms with van der Waals surface area (Å²) in [5, 5.41) is 3.62. The number of piperazine rings is 1. The number of likely N-dealkylation sites (N-methyl/N-ethyl adjacent to an activating group) is 1. The fourth-order valence-corrected chi connectivity index (χ4v) is 4.86. The van der Waals surface area contributed by atoms with E-state index in [4.69, 9.17) is 25.2 Å². The monoisotopic (exact) mass is 477 g/mol. The summed E-state index contributed by atoms with van der Waals surface area (Å²) in [6.45, 7) is 7.64. The van der Waals surface area contributed by atoms with Gasteiger partial charge in [-0.25, -0.2) is 15.0 Å². The molecule has 3 N–H and O–H groups in total. The number of hydrogen-bond donors (Lipinski definition) is 2. The zero-order valence-electron chi connectivity index (χ0n) is 20.9. The van der Waals surface area contributed by atoms with Gasteiger partial charge in [0, 0.05) is 57.2 Å². The van der Waals surface area contributed by atoms with Crippen LogP contribution in [0, 0.1) is 0 Å². The lowest BCUT2D eigenvalue weighted by Gasteiger charge is -2.34. The third kappa shape index (κ3) is 4.83. The van der Waals surface area contributed by atoms with Crippen molar-refractivity contribution in [2.24, 2.45) is 0 Å². The zero-order valence-corrected chi connectivity index (χ0v) is 20.9. The number of pyridine rings is 1. The van der Waals surface area contributed by atoms with Crippen molar-refractivity contribution >= 4 is 28.4 Å². The van der Waals surface area contributed by atoms with Crippen LogP contribution in [0.4, 0.5) is 17.3 Å². The van der Waals surface area contributed by atoms with E-state index in [0.29, 0.717) is 17.4 Å². The number of hydrogen-bond acceptors (Lipinski definition) is 9. The van der Waals surface area contributed by atoms with E-state index in [0.717, 1.165) is 98.2 Å². The van der Waals surface area contributed by atoms with E-state index in [1.165, 1.54) is 0 Å². The normalized spacial score (nSPS) is 17.6. The van der Waals surface area contributed by atoms with Gasteiger partial charge in [0.1, 0.15) is 22.6 Å². The molecule has 2 aliphatic rings. The molecule has 2 saturated heterocycles. The molecule has 4 heterocycles. The van der Waals surface area contributed by atoms with Gasteiger partial charge in [0.2, 0.25) is 0 Å². The topological polar surface area (TPSA) is 102 Å². The lowest BCUT2D eigenvalue weighted by Crippen LogP contribution is -2.44. The summed E-state index contributed by atoms with van der Waals surface area (Å²) in [6, 6.07) is 6.65. The van der Waals surface area contributed by atoms with E-state index in [1.807, 2.05) is 0 Å². The molecule has 0 unspecified atom stereocenters. The van der Waals surface area contributed by atoms with E-state index in [1.54, 1.807) is 13.3 Å². The predicted molar refractivity (Wildman–Crippen MR) is 140 cm³/mol. The Hall–Kier alpha value is -3.17. The lowest BCUT2D eigenvalue weighted by molar-refractivity contribution is 0.0903. The van der Waals surface area contributed by atoms with Gasteiger partial charge in [-0.2, -0.15) is 0 Å². The number of aromatic nitrogens is 3. The highest BCUT2D eigenvalue weighted by molar-refractivity contribution is 5.97. The molecule has 0 saturated carbocycles. The lowest BCUT2D eigenvalue weighted by atomic mass is 10.0. The number of nitrogens with two attached hydrogens (primary N) is 1. The Morgan fingerprint density at radius 3 is 2.60 bits per heavy atom. The number of nitrogen functional groups attached to an aromatic ring is 1. The Balaban J connectivity index is 1.55. The maximum absolute atomic E-state index is 6.26. The second-order valence-corrected chi connectivity index (χ2v) is 9.33. The number of anilines is 3. The largest absolute Gasteiger partial charge is 0.495 e. The zero-order chi connectivity index (χ0) is 24.4. The van der Waals surface area contributed by atoms with E-state index >= 15 is 0 Å². The maximum Gasteiger partial charge on any atom is 0.151 e. The SMILES string of the molecule is CCc1nc2c(N)ncc(-c3ccc(N4CCN(C)CC4)c(OC)c3)c2nc1NC1CCOCC1. The highest BCUT2D eigenvalue weighted by atomic mass is 16.5. The highest BCUT2D eigenvalue weighted by Crippen LogP contribution is 2.37. The molecule has 2 aromatic heterocycles. The molecular weight excluding hydrogens is 442 g/mol. The first-order chi connectivity index (χ1) is 17.1. The number of nitrogens with zero attached hydrogens (tertiary/aromatic N) is 5. The summed E-state index contributed by atoms with van der Waals surface area (Å²) in [5.74, 6) is 2.06. The van der Waals surface area contributed by atoms with Crippen molar-refractivity contribution < 1.29 is 9.47 Å². The second-order valence-electron chi connectivity index (χ2n) is 9.33. The molecule has 0 spiro atoms. The van der Waals surface area contributed by atoms with Gasteiger partial charge in [-0.05, 0) is 44.0 Å². The van der Waals surface area contributed by atoms with Crippen LogP contribution >= 0.6 is 0 Å². The average Bonchev–Trinajstić information content (AvgIpc) is 2.89. The van der Waals surface area contributed by atoms with Crippen LogP contribution in [0.1, 0.15) is 25.5 Å². The molecule has 0 amide bonds. The van der Waals surface area contributed by atoms with E-state index < -0.39 is 0 Å². The number of ether oxygens (including phenoxy) is 2. The summed E-state index contributed by atoms with van der Waals surface area (Å²) >= 11 is 0. The Morgan fingerprint density at radius 1 is 1.11 bits per heavy atom. The first-order valence-corrected chi connectivity index (χ1v) is 12.5. The summed E-state index contributed by atoms with van der Waals surface area (Å²) < 4.78 is 11.3. The smallest absolute Gasteiger partial charge is 0.151 e. The fraction of sp³-hybridized carbons (Fsp3) is 0.500. The molecule has 35 heavy (non-hydrogen) atoms. The van der Waals surface area contributed by atoms with Crippen molar-refractivity contribution in [2.45, 2.75) is 32.2 Å². The summed E-state index contributed by atoms with van der Waals surface area (Å²) in [4.78, 5) is 19.1. The highest BCUT2D eigenvalue weighted by Gasteiger charge is 2.21. The van der Waals surface area contributed by atoms with Crippen molar-refractivity contribution in [1.82, 2.24) is 19.9 Å². The van der Waals surface area contributed by atoms with Crippen molar-refractivity contribution in [3.05, 3.63) is 30.1 Å². The van der Waals surface area contributed by atoms with Crippen LogP contribution in [0.3, 0.4) is 0 Å². The second kappa shape index (κ2) is 10.2. The van der Waals surface area contributed by atoms with Crippen molar-refractivity contribution in [2.75, 3.05) is 69.5 Å². The van der Waals surface area contributed by atoms with Gasteiger partial charge in [-0.3, -0.25) is 0 Å². The number of fused-ring (bicyclic) bond motifs is 1. The first kappa shape index (κ1) is 23.6. The minimum absolute atomic E-state index is 0.325. The molecule has 9 nitrogen and oxygen atoms in total. The molecule has 3 aromatic rings. The van der Waals surface area contributed by atoms with Crippen LogP contribution in [-0.2, 0) is 11.2 Å². The van der Waals surface area contributed by atoms with Gasteiger partial charge < -0.3 is 30.3 Å². The summed E-state index contributed by atoms with van der Waals surface area (Å²) in [6.07, 6.45) is 4.46. The van der Waals surface area contributed by atoms with Gasteiger partial charge in [-0.1, -0.05) is 13.0 Å². The number of aryl methyl sites for hydroxylation is 1. The standard InChI is InChI=1S/C26H35N7O2/c1-4-20-26(29-18-7-13-35-14-8-18)31-23-19(16-28-25(27)24(23)30-20)17-5-6-21(22(15-17)34-3)33-11-9-32(2)10-12-33/h5-6,15-16,18H,4,7-14H2,1-3H3,(H2,27,28)(H,29,31). The van der Waals surface area contributed by atoms with Gasteiger partial charge in [-0.15, -0.1) is 0 Å². The number of methoxy groups -OCH3 is 1. The number of nitrogens with one attached hydrogen (secondary N) is 1. The average molecular weight is 478 g/mol. The van der Waals surface area contributed by atoms with Crippen molar-refractivity contribution in [3.63, 3.8) is 0 Å². The number of rotatable bonds is 6. The Labute approximate surface area is 206 Å². The molecule has 1 aromatic carbocycles. The quantitative estimate of drug-likeness (QED) is 0.554. The van der Waals surface area contributed by atoms with Crippen molar-refractivity contribution in [3.8, 4) is 16.9 Å². The molecule has 0 bridgehead atoms. The summed E-state index contributed by atoms with van der Waals surface area (Å²) in [7, 11) is 3.88. The first-order valence-electron chi connectivity index (χ1n) is 12.5. The van der Waals surface area contributed by atoms with Crippen LogP contribution in [0.25, 0.3) is 22.2 Å². The molecule has 186 valence electrons.